The molecule has 0 atom stereocenters. The molecule has 0 bridgehead atoms. The number of hydrogen-bond donors (Lipinski definition) is 1. The van der Waals surface area contributed by atoms with Crippen LogP contribution in [-0.4, -0.2) is 16.3 Å². The number of aryl methyl sites for hydroxylation is 2. The molecule has 2 N–H and O–H groups in total. The van der Waals surface area contributed by atoms with Crippen LogP contribution in [0.2, 0.25) is 10.0 Å². The molecule has 102 valence electrons. The van der Waals surface area contributed by atoms with Crippen molar-refractivity contribution in [3.05, 3.63) is 39.5 Å². The predicted octanol–water partition coefficient (Wildman–Crippen LogP) is 3.33. The van der Waals surface area contributed by atoms with Gasteiger partial charge in [0.25, 0.3) is 0 Å². The molecule has 0 saturated carbocycles. The topological polar surface area (TPSA) is 53.1 Å². The number of aromatic nitrogens is 2. The molecular formula is C13H15Cl2N3O. The van der Waals surface area contributed by atoms with E-state index in [0.717, 1.165) is 11.3 Å². The quantitative estimate of drug-likeness (QED) is 0.942. The van der Waals surface area contributed by atoms with Crippen LogP contribution in [-0.2, 0) is 13.5 Å². The monoisotopic (exact) mass is 299 g/mol. The first-order valence-electron chi connectivity index (χ1n) is 5.89. The lowest BCUT2D eigenvalue weighted by Gasteiger charge is -2.10. The van der Waals surface area contributed by atoms with Gasteiger partial charge in [0.1, 0.15) is 10.8 Å². The van der Waals surface area contributed by atoms with Gasteiger partial charge in [-0.25, -0.2) is 4.68 Å². The van der Waals surface area contributed by atoms with Gasteiger partial charge in [0.05, 0.1) is 10.7 Å². The highest BCUT2D eigenvalue weighted by Gasteiger charge is 2.16. The summed E-state index contributed by atoms with van der Waals surface area (Å²) in [5.74, 6) is 1.16. The molecule has 2 rings (SSSR count). The number of hydrogen-bond acceptors (Lipinski definition) is 3. The average Bonchev–Trinajstić information content (AvgIpc) is 2.62. The van der Waals surface area contributed by atoms with E-state index in [1.165, 1.54) is 0 Å². The summed E-state index contributed by atoms with van der Waals surface area (Å²) in [5.41, 5.74) is 7.51. The molecular weight excluding hydrogens is 285 g/mol. The Balaban J connectivity index is 2.40. The third kappa shape index (κ3) is 2.86. The maximum Gasteiger partial charge on any atom is 0.221 e. The number of rotatable bonds is 4. The van der Waals surface area contributed by atoms with E-state index in [1.807, 2.05) is 14.0 Å². The third-order valence-electron chi connectivity index (χ3n) is 2.81. The number of nitrogens with two attached hydrogens (primary N) is 1. The van der Waals surface area contributed by atoms with Crippen LogP contribution in [0.5, 0.6) is 11.6 Å². The third-order valence-corrected chi connectivity index (χ3v) is 3.61. The molecule has 1 aromatic heterocycles. The van der Waals surface area contributed by atoms with Crippen molar-refractivity contribution in [2.75, 3.05) is 6.54 Å². The molecule has 0 fully saturated rings. The van der Waals surface area contributed by atoms with Crippen LogP contribution in [0.15, 0.2) is 18.2 Å². The molecule has 0 spiro atoms. The second-order valence-corrected chi connectivity index (χ2v) is 4.97. The Morgan fingerprint density at radius 3 is 2.79 bits per heavy atom. The Morgan fingerprint density at radius 1 is 1.37 bits per heavy atom. The summed E-state index contributed by atoms with van der Waals surface area (Å²) in [4.78, 5) is 0. The van der Waals surface area contributed by atoms with Gasteiger partial charge in [0.2, 0.25) is 5.88 Å². The highest BCUT2D eigenvalue weighted by molar-refractivity contribution is 6.42. The molecule has 0 saturated heterocycles. The lowest BCUT2D eigenvalue weighted by atomic mass is 10.2. The van der Waals surface area contributed by atoms with Gasteiger partial charge in [-0.1, -0.05) is 29.3 Å². The predicted molar refractivity (Wildman–Crippen MR) is 77.2 cm³/mol. The van der Waals surface area contributed by atoms with E-state index < -0.39 is 0 Å². The molecule has 1 heterocycles. The molecule has 0 aliphatic rings. The van der Waals surface area contributed by atoms with Crippen molar-refractivity contribution in [3.63, 3.8) is 0 Å². The minimum atomic E-state index is 0.390. The highest BCUT2D eigenvalue weighted by atomic mass is 35.5. The first kappa shape index (κ1) is 14.2. The van der Waals surface area contributed by atoms with Crippen LogP contribution >= 0.6 is 23.2 Å². The van der Waals surface area contributed by atoms with Crippen molar-refractivity contribution in [2.45, 2.75) is 13.3 Å². The minimum Gasteiger partial charge on any atom is -0.437 e. The molecule has 1 aromatic carbocycles. The van der Waals surface area contributed by atoms with Gasteiger partial charge >= 0.3 is 0 Å². The fourth-order valence-corrected chi connectivity index (χ4v) is 2.24. The first-order chi connectivity index (χ1) is 9.04. The Morgan fingerprint density at radius 2 is 2.11 bits per heavy atom. The summed E-state index contributed by atoms with van der Waals surface area (Å²) in [7, 11) is 1.82. The fourth-order valence-electron chi connectivity index (χ4n) is 1.91. The van der Waals surface area contributed by atoms with Crippen LogP contribution in [0.4, 0.5) is 0 Å². The van der Waals surface area contributed by atoms with Gasteiger partial charge in [-0.2, -0.15) is 5.10 Å². The highest BCUT2D eigenvalue weighted by Crippen LogP contribution is 2.36. The van der Waals surface area contributed by atoms with E-state index in [2.05, 4.69) is 5.10 Å². The Hall–Kier alpha value is -1.23. The Labute approximate surface area is 122 Å². The summed E-state index contributed by atoms with van der Waals surface area (Å²) >= 11 is 12.1. The maximum atomic E-state index is 6.12. The van der Waals surface area contributed by atoms with Crippen molar-refractivity contribution in [2.24, 2.45) is 12.8 Å². The molecule has 0 aliphatic heterocycles. The summed E-state index contributed by atoms with van der Waals surface area (Å²) in [6.45, 7) is 2.46. The standard InChI is InChI=1S/C13H15Cl2N3O/c1-8-9(6-7-16)13(18(2)17-8)19-11-5-3-4-10(14)12(11)15/h3-5H,6-7,16H2,1-2H3. The zero-order chi connectivity index (χ0) is 14.0. The zero-order valence-electron chi connectivity index (χ0n) is 10.8. The van der Waals surface area contributed by atoms with Gasteiger partial charge in [-0.3, -0.25) is 0 Å². The molecule has 0 amide bonds. The number of halogens is 2. The zero-order valence-corrected chi connectivity index (χ0v) is 12.3. The van der Waals surface area contributed by atoms with Crippen molar-refractivity contribution >= 4 is 23.2 Å². The van der Waals surface area contributed by atoms with E-state index in [-0.39, 0.29) is 0 Å². The van der Waals surface area contributed by atoms with Crippen molar-refractivity contribution in [3.8, 4) is 11.6 Å². The minimum absolute atomic E-state index is 0.390. The molecule has 4 nitrogen and oxygen atoms in total. The smallest absolute Gasteiger partial charge is 0.221 e. The molecule has 0 aliphatic carbocycles. The normalized spacial score (nSPS) is 10.8. The van der Waals surface area contributed by atoms with Gasteiger partial charge < -0.3 is 10.5 Å². The Kier molecular flexibility index (Phi) is 4.34. The summed E-state index contributed by atoms with van der Waals surface area (Å²) < 4.78 is 7.53. The summed E-state index contributed by atoms with van der Waals surface area (Å²) in [5, 5.41) is 5.19. The lowest BCUT2D eigenvalue weighted by molar-refractivity contribution is 0.426. The summed E-state index contributed by atoms with van der Waals surface area (Å²) in [6, 6.07) is 5.27. The SMILES string of the molecule is Cc1nn(C)c(Oc2cccc(Cl)c2Cl)c1CCN. The molecule has 6 heteroatoms. The fraction of sp³-hybridized carbons (Fsp3) is 0.308. The first-order valence-corrected chi connectivity index (χ1v) is 6.64. The van der Waals surface area contributed by atoms with Gasteiger partial charge in [-0.15, -0.1) is 0 Å². The maximum absolute atomic E-state index is 6.12. The second kappa shape index (κ2) is 5.82. The van der Waals surface area contributed by atoms with Crippen LogP contribution < -0.4 is 10.5 Å². The van der Waals surface area contributed by atoms with Gasteiger partial charge in [0, 0.05) is 12.6 Å². The van der Waals surface area contributed by atoms with Crippen molar-refractivity contribution in [1.82, 2.24) is 9.78 Å². The van der Waals surface area contributed by atoms with E-state index in [1.54, 1.807) is 22.9 Å². The van der Waals surface area contributed by atoms with E-state index in [4.69, 9.17) is 33.7 Å². The number of nitrogens with zero attached hydrogens (tertiary/aromatic N) is 2. The van der Waals surface area contributed by atoms with E-state index in [9.17, 15) is 0 Å². The number of benzene rings is 1. The molecule has 2 aromatic rings. The molecule has 0 radical (unpaired) electrons. The number of ether oxygens (including phenoxy) is 1. The van der Waals surface area contributed by atoms with Crippen molar-refractivity contribution in [1.29, 1.82) is 0 Å². The van der Waals surface area contributed by atoms with Crippen LogP contribution in [0.1, 0.15) is 11.3 Å². The summed E-state index contributed by atoms with van der Waals surface area (Å²) in [6.07, 6.45) is 0.702. The van der Waals surface area contributed by atoms with E-state index >= 15 is 0 Å². The second-order valence-electron chi connectivity index (χ2n) is 4.19. The van der Waals surface area contributed by atoms with Crippen LogP contribution in [0.25, 0.3) is 0 Å². The lowest BCUT2D eigenvalue weighted by Crippen LogP contribution is -2.05. The molecule has 19 heavy (non-hydrogen) atoms. The van der Waals surface area contributed by atoms with Crippen LogP contribution in [0.3, 0.4) is 0 Å². The van der Waals surface area contributed by atoms with Gasteiger partial charge in [0.15, 0.2) is 0 Å². The largest absolute Gasteiger partial charge is 0.437 e. The van der Waals surface area contributed by atoms with Crippen LogP contribution in [0, 0.1) is 6.92 Å². The Bertz CT molecular complexity index is 596. The average molecular weight is 300 g/mol. The van der Waals surface area contributed by atoms with E-state index in [0.29, 0.717) is 34.6 Å². The molecule has 0 unspecified atom stereocenters. The van der Waals surface area contributed by atoms with Crippen molar-refractivity contribution < 1.29 is 4.74 Å². The van der Waals surface area contributed by atoms with Gasteiger partial charge in [-0.05, 0) is 32.0 Å².